The monoisotopic (exact) mass is 201 g/mol. The zero-order valence-corrected chi connectivity index (χ0v) is 7.96. The largest absolute Gasteiger partial charge is 0.495 e. The van der Waals surface area contributed by atoms with Gasteiger partial charge < -0.3 is 4.74 Å². The van der Waals surface area contributed by atoms with Crippen LogP contribution < -0.4 is 4.74 Å². The van der Waals surface area contributed by atoms with Gasteiger partial charge in [-0.05, 0) is 12.5 Å². The highest BCUT2D eigenvalue weighted by atomic mass is 35.5. The molecule has 0 amide bonds. The summed E-state index contributed by atoms with van der Waals surface area (Å²) < 4.78 is 4.88. The van der Waals surface area contributed by atoms with Crippen LogP contribution in [0.2, 0.25) is 5.02 Å². The van der Waals surface area contributed by atoms with Gasteiger partial charge in [0.25, 0.3) is 5.69 Å². The Morgan fingerprint density at radius 1 is 1.54 bits per heavy atom. The van der Waals surface area contributed by atoms with E-state index in [1.54, 1.807) is 6.92 Å². The molecule has 5 heteroatoms. The summed E-state index contributed by atoms with van der Waals surface area (Å²) in [5.74, 6) is 0.327. The van der Waals surface area contributed by atoms with E-state index in [9.17, 15) is 10.1 Å². The van der Waals surface area contributed by atoms with Crippen molar-refractivity contribution in [1.29, 1.82) is 0 Å². The summed E-state index contributed by atoms with van der Waals surface area (Å²) in [5.41, 5.74) is 0.617. The van der Waals surface area contributed by atoms with E-state index in [0.717, 1.165) is 0 Å². The molecule has 0 heterocycles. The third-order valence-corrected chi connectivity index (χ3v) is 2.12. The molecule has 0 aliphatic heterocycles. The van der Waals surface area contributed by atoms with E-state index in [1.165, 1.54) is 19.2 Å². The second-order valence-corrected chi connectivity index (χ2v) is 2.91. The Labute approximate surface area is 80.2 Å². The molecular weight excluding hydrogens is 194 g/mol. The topological polar surface area (TPSA) is 52.4 Å². The molecule has 0 radical (unpaired) electrons. The Kier molecular flexibility index (Phi) is 2.72. The zero-order valence-electron chi connectivity index (χ0n) is 7.20. The van der Waals surface area contributed by atoms with Crippen molar-refractivity contribution in [2.45, 2.75) is 6.92 Å². The number of ether oxygens (including phenoxy) is 1. The van der Waals surface area contributed by atoms with Gasteiger partial charge in [0.2, 0.25) is 0 Å². The van der Waals surface area contributed by atoms with E-state index in [2.05, 4.69) is 0 Å². The molecule has 0 saturated carbocycles. The number of nitro benzene ring substituents is 1. The lowest BCUT2D eigenvalue weighted by atomic mass is 10.2. The number of nitro groups is 1. The second kappa shape index (κ2) is 3.62. The van der Waals surface area contributed by atoms with Gasteiger partial charge >= 0.3 is 0 Å². The molecule has 1 aromatic rings. The van der Waals surface area contributed by atoms with Gasteiger partial charge in [-0.3, -0.25) is 10.1 Å². The van der Waals surface area contributed by atoms with Gasteiger partial charge in [0.05, 0.1) is 23.1 Å². The van der Waals surface area contributed by atoms with Crippen LogP contribution in [-0.4, -0.2) is 12.0 Å². The van der Waals surface area contributed by atoms with Gasteiger partial charge in [0.1, 0.15) is 5.75 Å². The molecule has 0 unspecified atom stereocenters. The number of halogens is 1. The minimum absolute atomic E-state index is 0.0150. The smallest absolute Gasteiger partial charge is 0.273 e. The van der Waals surface area contributed by atoms with Crippen molar-refractivity contribution in [1.82, 2.24) is 0 Å². The van der Waals surface area contributed by atoms with Gasteiger partial charge in [0.15, 0.2) is 0 Å². The molecule has 13 heavy (non-hydrogen) atoms. The predicted octanol–water partition coefficient (Wildman–Crippen LogP) is 2.57. The molecule has 0 aliphatic rings. The van der Waals surface area contributed by atoms with Crippen molar-refractivity contribution in [3.05, 3.63) is 32.8 Å². The summed E-state index contributed by atoms with van der Waals surface area (Å²) in [5, 5.41) is 10.8. The lowest BCUT2D eigenvalue weighted by Gasteiger charge is -2.04. The standard InChI is InChI=1S/C8H8ClNO3/c1-5-3-6(10(11)12)4-7(13-2)8(5)9/h3-4H,1-2H3. The Bertz CT molecular complexity index is 351. The summed E-state index contributed by atoms with van der Waals surface area (Å²) in [6.07, 6.45) is 0. The minimum atomic E-state index is -0.480. The molecule has 0 fully saturated rings. The first-order valence-corrected chi connectivity index (χ1v) is 3.92. The fraction of sp³-hybridized carbons (Fsp3) is 0.250. The maximum absolute atomic E-state index is 10.4. The lowest BCUT2D eigenvalue weighted by Crippen LogP contribution is -1.92. The zero-order chi connectivity index (χ0) is 10.0. The van der Waals surface area contributed by atoms with Gasteiger partial charge in [-0.25, -0.2) is 0 Å². The summed E-state index contributed by atoms with van der Waals surface area (Å²) in [6, 6.07) is 2.71. The van der Waals surface area contributed by atoms with Crippen LogP contribution >= 0.6 is 11.6 Å². The van der Waals surface area contributed by atoms with Crippen LogP contribution in [0.3, 0.4) is 0 Å². The first-order chi connectivity index (χ1) is 6.06. The highest BCUT2D eigenvalue weighted by molar-refractivity contribution is 6.32. The molecular formula is C8H8ClNO3. The molecule has 4 nitrogen and oxygen atoms in total. The number of nitrogens with zero attached hydrogens (tertiary/aromatic N) is 1. The van der Waals surface area contributed by atoms with Crippen LogP contribution in [0.15, 0.2) is 12.1 Å². The fourth-order valence-corrected chi connectivity index (χ4v) is 1.16. The highest BCUT2D eigenvalue weighted by Gasteiger charge is 2.12. The minimum Gasteiger partial charge on any atom is -0.495 e. The van der Waals surface area contributed by atoms with Crippen LogP contribution in [0, 0.1) is 17.0 Å². The Balaban J connectivity index is 3.30. The highest BCUT2D eigenvalue weighted by Crippen LogP contribution is 2.32. The molecule has 1 aromatic carbocycles. The molecule has 0 saturated heterocycles. The molecule has 0 atom stereocenters. The van der Waals surface area contributed by atoms with E-state index in [0.29, 0.717) is 16.3 Å². The summed E-state index contributed by atoms with van der Waals surface area (Å²) >= 11 is 5.82. The van der Waals surface area contributed by atoms with Crippen LogP contribution in [0.4, 0.5) is 5.69 Å². The molecule has 1 rings (SSSR count). The van der Waals surface area contributed by atoms with E-state index in [4.69, 9.17) is 16.3 Å². The van der Waals surface area contributed by atoms with Gasteiger partial charge in [-0.2, -0.15) is 0 Å². The van der Waals surface area contributed by atoms with Crippen molar-refractivity contribution < 1.29 is 9.66 Å². The number of rotatable bonds is 2. The number of aryl methyl sites for hydroxylation is 1. The quantitative estimate of drug-likeness (QED) is 0.546. The molecule has 0 N–H and O–H groups in total. The fourth-order valence-electron chi connectivity index (χ4n) is 0.973. The first-order valence-electron chi connectivity index (χ1n) is 3.54. The van der Waals surface area contributed by atoms with Crippen molar-refractivity contribution in [3.63, 3.8) is 0 Å². The van der Waals surface area contributed by atoms with Gasteiger partial charge in [-0.15, -0.1) is 0 Å². The summed E-state index contributed by atoms with van der Waals surface area (Å²) in [7, 11) is 1.42. The average Bonchev–Trinajstić information content (AvgIpc) is 2.09. The summed E-state index contributed by atoms with van der Waals surface area (Å²) in [4.78, 5) is 9.96. The number of methoxy groups -OCH3 is 1. The SMILES string of the molecule is COc1cc([N+](=O)[O-])cc(C)c1Cl. The molecule has 0 bridgehead atoms. The number of hydrogen-bond donors (Lipinski definition) is 0. The van der Waals surface area contributed by atoms with Crippen LogP contribution in [0.1, 0.15) is 5.56 Å². The van der Waals surface area contributed by atoms with Crippen molar-refractivity contribution >= 4 is 17.3 Å². The van der Waals surface area contributed by atoms with E-state index in [-0.39, 0.29) is 5.69 Å². The average molecular weight is 202 g/mol. The Morgan fingerprint density at radius 3 is 2.62 bits per heavy atom. The predicted molar refractivity (Wildman–Crippen MR) is 49.4 cm³/mol. The first kappa shape index (κ1) is 9.80. The lowest BCUT2D eigenvalue weighted by molar-refractivity contribution is -0.385. The molecule has 0 aliphatic carbocycles. The number of non-ortho nitro benzene ring substituents is 1. The molecule has 0 spiro atoms. The van der Waals surface area contributed by atoms with Crippen LogP contribution in [-0.2, 0) is 0 Å². The Hall–Kier alpha value is -1.29. The maximum atomic E-state index is 10.4. The molecule has 0 aromatic heterocycles. The van der Waals surface area contributed by atoms with Gasteiger partial charge in [0, 0.05) is 6.07 Å². The van der Waals surface area contributed by atoms with Crippen molar-refractivity contribution in [2.75, 3.05) is 7.11 Å². The van der Waals surface area contributed by atoms with E-state index >= 15 is 0 Å². The third kappa shape index (κ3) is 1.89. The maximum Gasteiger partial charge on any atom is 0.273 e. The molecule has 70 valence electrons. The Morgan fingerprint density at radius 2 is 2.15 bits per heavy atom. The third-order valence-electron chi connectivity index (χ3n) is 1.64. The van der Waals surface area contributed by atoms with Gasteiger partial charge in [-0.1, -0.05) is 11.6 Å². The van der Waals surface area contributed by atoms with E-state index in [1.807, 2.05) is 0 Å². The van der Waals surface area contributed by atoms with Crippen LogP contribution in [0.25, 0.3) is 0 Å². The van der Waals surface area contributed by atoms with Crippen molar-refractivity contribution in [3.8, 4) is 5.75 Å². The normalized spacial score (nSPS) is 9.77. The van der Waals surface area contributed by atoms with E-state index < -0.39 is 4.92 Å². The van der Waals surface area contributed by atoms with Crippen LogP contribution in [0.5, 0.6) is 5.75 Å². The summed E-state index contributed by atoms with van der Waals surface area (Å²) in [6.45, 7) is 1.69. The van der Waals surface area contributed by atoms with Crippen molar-refractivity contribution in [2.24, 2.45) is 0 Å². The second-order valence-electron chi connectivity index (χ2n) is 2.54. The number of hydrogen-bond acceptors (Lipinski definition) is 3. The number of benzene rings is 1.